The van der Waals surface area contributed by atoms with Gasteiger partial charge in [0.2, 0.25) is 0 Å². The molecule has 0 aliphatic heterocycles. The van der Waals surface area contributed by atoms with E-state index in [1.807, 2.05) is 48.4 Å². The van der Waals surface area contributed by atoms with Crippen LogP contribution in [0.15, 0.2) is 61.1 Å². The second kappa shape index (κ2) is 5.62. The summed E-state index contributed by atoms with van der Waals surface area (Å²) in [5.41, 5.74) is 10.0. The number of hydrogen-bond acceptors (Lipinski definition) is 2. The number of nitrogens with zero attached hydrogens (tertiary/aromatic N) is 2. The third-order valence-corrected chi connectivity index (χ3v) is 3.87. The van der Waals surface area contributed by atoms with Gasteiger partial charge in [-0.05, 0) is 35.4 Å². The Labute approximate surface area is 129 Å². The summed E-state index contributed by atoms with van der Waals surface area (Å²) in [7, 11) is 2.00. The van der Waals surface area contributed by atoms with Gasteiger partial charge >= 0.3 is 0 Å². The van der Waals surface area contributed by atoms with Crippen molar-refractivity contribution in [2.75, 3.05) is 5.73 Å². The van der Waals surface area contributed by atoms with Crippen molar-refractivity contribution in [1.82, 2.24) is 9.55 Å². The summed E-state index contributed by atoms with van der Waals surface area (Å²) in [6, 6.07) is 15.9. The molecule has 0 spiro atoms. The summed E-state index contributed by atoms with van der Waals surface area (Å²) < 4.78 is 2.04. The van der Waals surface area contributed by atoms with Crippen LogP contribution < -0.4 is 5.73 Å². The molecular weight excluding hydrogens is 282 g/mol. The van der Waals surface area contributed by atoms with E-state index < -0.39 is 0 Å². The van der Waals surface area contributed by atoms with Crippen LogP contribution in [0.1, 0.15) is 22.7 Å². The van der Waals surface area contributed by atoms with Crippen molar-refractivity contribution in [1.29, 1.82) is 0 Å². The van der Waals surface area contributed by atoms with Gasteiger partial charge in [0.25, 0.3) is 0 Å². The van der Waals surface area contributed by atoms with Crippen molar-refractivity contribution < 1.29 is 0 Å². The molecule has 0 bridgehead atoms. The summed E-state index contributed by atoms with van der Waals surface area (Å²) in [4.78, 5) is 4.24. The molecule has 1 heterocycles. The number of aromatic nitrogens is 2. The maximum Gasteiger partial charge on any atom is 0.0945 e. The van der Waals surface area contributed by atoms with Gasteiger partial charge in [0.05, 0.1) is 12.2 Å². The van der Waals surface area contributed by atoms with Crippen molar-refractivity contribution in [3.05, 3.63) is 82.9 Å². The molecule has 2 N–H and O–H groups in total. The van der Waals surface area contributed by atoms with Crippen LogP contribution in [0.25, 0.3) is 0 Å². The van der Waals surface area contributed by atoms with Gasteiger partial charge in [0, 0.05) is 29.6 Å². The fourth-order valence-corrected chi connectivity index (χ4v) is 2.65. The number of imidazole rings is 1. The van der Waals surface area contributed by atoms with E-state index in [9.17, 15) is 0 Å². The molecule has 1 unspecified atom stereocenters. The molecular formula is C17H16ClN3. The van der Waals surface area contributed by atoms with Crippen LogP contribution >= 0.6 is 11.6 Å². The SMILES string of the molecule is Cn1cncc1C(c1ccc(N)cc1)c1ccc(Cl)cc1. The zero-order valence-corrected chi connectivity index (χ0v) is 12.5. The van der Waals surface area contributed by atoms with Crippen LogP contribution in [-0.2, 0) is 7.05 Å². The molecule has 21 heavy (non-hydrogen) atoms. The minimum absolute atomic E-state index is 0.107. The van der Waals surface area contributed by atoms with Crippen molar-refractivity contribution in [2.45, 2.75) is 5.92 Å². The van der Waals surface area contributed by atoms with Gasteiger partial charge in [-0.25, -0.2) is 4.98 Å². The van der Waals surface area contributed by atoms with Gasteiger partial charge in [0.1, 0.15) is 0 Å². The second-order valence-electron chi connectivity index (χ2n) is 5.08. The van der Waals surface area contributed by atoms with Gasteiger partial charge in [-0.3, -0.25) is 0 Å². The summed E-state index contributed by atoms with van der Waals surface area (Å²) in [5, 5.41) is 0.736. The first-order chi connectivity index (χ1) is 10.1. The molecule has 0 saturated carbocycles. The van der Waals surface area contributed by atoms with Crippen molar-refractivity contribution in [3.63, 3.8) is 0 Å². The molecule has 106 valence electrons. The highest BCUT2D eigenvalue weighted by atomic mass is 35.5. The smallest absolute Gasteiger partial charge is 0.0945 e. The molecule has 3 aromatic rings. The van der Waals surface area contributed by atoms with E-state index in [1.54, 1.807) is 0 Å². The lowest BCUT2D eigenvalue weighted by molar-refractivity contribution is 0.793. The number of rotatable bonds is 3. The maximum atomic E-state index is 6.01. The average molecular weight is 298 g/mol. The van der Waals surface area contributed by atoms with E-state index in [2.05, 4.69) is 29.2 Å². The fraction of sp³-hybridized carbons (Fsp3) is 0.118. The zero-order valence-electron chi connectivity index (χ0n) is 11.7. The standard InChI is InChI=1S/C17H16ClN3/c1-21-11-20-10-16(21)17(12-2-6-14(18)7-3-12)13-4-8-15(19)9-5-13/h2-11,17H,19H2,1H3. The lowest BCUT2D eigenvalue weighted by Crippen LogP contribution is -2.08. The number of benzene rings is 2. The van der Waals surface area contributed by atoms with Crippen LogP contribution in [0.2, 0.25) is 5.02 Å². The van der Waals surface area contributed by atoms with Gasteiger partial charge < -0.3 is 10.3 Å². The van der Waals surface area contributed by atoms with Crippen molar-refractivity contribution in [3.8, 4) is 0 Å². The summed E-state index contributed by atoms with van der Waals surface area (Å²) >= 11 is 6.01. The third-order valence-electron chi connectivity index (χ3n) is 3.62. The minimum Gasteiger partial charge on any atom is -0.399 e. The fourth-order valence-electron chi connectivity index (χ4n) is 2.52. The first-order valence-corrected chi connectivity index (χ1v) is 7.10. The number of halogens is 1. The van der Waals surface area contributed by atoms with Gasteiger partial charge in [-0.2, -0.15) is 0 Å². The predicted octanol–water partition coefficient (Wildman–Crippen LogP) is 3.84. The van der Waals surface area contributed by atoms with Crippen LogP contribution in [0.3, 0.4) is 0 Å². The Morgan fingerprint density at radius 1 is 1.00 bits per heavy atom. The van der Waals surface area contributed by atoms with Crippen molar-refractivity contribution in [2.24, 2.45) is 7.05 Å². The quantitative estimate of drug-likeness (QED) is 0.747. The zero-order chi connectivity index (χ0) is 14.8. The van der Waals surface area contributed by atoms with E-state index >= 15 is 0 Å². The lowest BCUT2D eigenvalue weighted by Gasteiger charge is -2.19. The molecule has 2 aromatic carbocycles. The molecule has 1 atom stereocenters. The monoisotopic (exact) mass is 297 g/mol. The number of nitrogen functional groups attached to an aromatic ring is 1. The number of hydrogen-bond donors (Lipinski definition) is 1. The van der Waals surface area contributed by atoms with Crippen LogP contribution in [0.4, 0.5) is 5.69 Å². The van der Waals surface area contributed by atoms with Crippen LogP contribution in [-0.4, -0.2) is 9.55 Å². The highest BCUT2D eigenvalue weighted by Gasteiger charge is 2.19. The molecule has 0 fully saturated rings. The number of anilines is 1. The summed E-state index contributed by atoms with van der Waals surface area (Å²) in [5.74, 6) is 0.107. The Kier molecular flexibility index (Phi) is 3.67. The Bertz CT molecular complexity index is 684. The third kappa shape index (κ3) is 2.78. The second-order valence-corrected chi connectivity index (χ2v) is 5.52. The number of nitrogens with two attached hydrogens (primary N) is 1. The molecule has 0 amide bonds. The largest absolute Gasteiger partial charge is 0.399 e. The van der Waals surface area contributed by atoms with Crippen molar-refractivity contribution >= 4 is 17.3 Å². The topological polar surface area (TPSA) is 43.8 Å². The Hall–Kier alpha value is -2.26. The molecule has 4 heteroatoms. The van der Waals surface area contributed by atoms with E-state index in [4.69, 9.17) is 17.3 Å². The van der Waals surface area contributed by atoms with E-state index in [-0.39, 0.29) is 5.92 Å². The average Bonchev–Trinajstić information content (AvgIpc) is 2.90. The van der Waals surface area contributed by atoms with Gasteiger partial charge in [-0.15, -0.1) is 0 Å². The van der Waals surface area contributed by atoms with E-state index in [0.29, 0.717) is 0 Å². The van der Waals surface area contributed by atoms with Gasteiger partial charge in [-0.1, -0.05) is 35.9 Å². The first kappa shape index (κ1) is 13.7. The molecule has 0 saturated heterocycles. The predicted molar refractivity (Wildman–Crippen MR) is 86.5 cm³/mol. The Morgan fingerprint density at radius 3 is 2.10 bits per heavy atom. The molecule has 3 nitrogen and oxygen atoms in total. The highest BCUT2D eigenvalue weighted by molar-refractivity contribution is 6.30. The Balaban J connectivity index is 2.13. The molecule has 0 radical (unpaired) electrons. The maximum absolute atomic E-state index is 6.01. The lowest BCUT2D eigenvalue weighted by atomic mass is 9.88. The van der Waals surface area contributed by atoms with Crippen LogP contribution in [0.5, 0.6) is 0 Å². The molecule has 3 rings (SSSR count). The summed E-state index contributed by atoms with van der Waals surface area (Å²) in [6.45, 7) is 0. The minimum atomic E-state index is 0.107. The molecule has 0 aliphatic rings. The van der Waals surface area contributed by atoms with E-state index in [0.717, 1.165) is 16.4 Å². The van der Waals surface area contributed by atoms with E-state index in [1.165, 1.54) is 11.1 Å². The normalized spacial score (nSPS) is 12.3. The summed E-state index contributed by atoms with van der Waals surface area (Å²) in [6.07, 6.45) is 3.71. The Morgan fingerprint density at radius 2 is 1.57 bits per heavy atom. The van der Waals surface area contributed by atoms with Gasteiger partial charge in [0.15, 0.2) is 0 Å². The highest BCUT2D eigenvalue weighted by Crippen LogP contribution is 2.32. The molecule has 1 aromatic heterocycles. The molecule has 0 aliphatic carbocycles. The number of aryl methyl sites for hydroxylation is 1. The van der Waals surface area contributed by atoms with Crippen LogP contribution in [0, 0.1) is 0 Å². The first-order valence-electron chi connectivity index (χ1n) is 6.72.